The quantitative estimate of drug-likeness (QED) is 0.389. The van der Waals surface area contributed by atoms with Gasteiger partial charge in [-0.15, -0.1) is 0 Å². The summed E-state index contributed by atoms with van der Waals surface area (Å²) in [6.07, 6.45) is 0. The van der Waals surface area contributed by atoms with E-state index in [2.05, 4.69) is 10.3 Å². The second-order valence-electron chi connectivity index (χ2n) is 7.41. The normalized spacial score (nSPS) is 14.6. The minimum atomic E-state index is -0.289. The summed E-state index contributed by atoms with van der Waals surface area (Å²) in [5.74, 6) is -0.322. The van der Waals surface area contributed by atoms with Gasteiger partial charge < -0.3 is 5.32 Å². The first-order valence-corrected chi connectivity index (χ1v) is 12.4. The summed E-state index contributed by atoms with van der Waals surface area (Å²) in [6.45, 7) is 2.25. The molecule has 0 bridgehead atoms. The molecule has 0 spiro atoms. The van der Waals surface area contributed by atoms with Gasteiger partial charge in [0.2, 0.25) is 11.8 Å². The summed E-state index contributed by atoms with van der Waals surface area (Å²) >= 11 is 2.14. The van der Waals surface area contributed by atoms with Crippen molar-refractivity contribution in [2.45, 2.75) is 18.1 Å². The Hall–Kier alpha value is -3.11. The molecule has 1 N–H and O–H groups in total. The van der Waals surface area contributed by atoms with Gasteiger partial charge in [0, 0.05) is 13.1 Å². The second kappa shape index (κ2) is 10.2. The lowest BCUT2D eigenvalue weighted by Crippen LogP contribution is -2.38. The Morgan fingerprint density at radius 1 is 1.12 bits per heavy atom. The van der Waals surface area contributed by atoms with E-state index >= 15 is 0 Å². The van der Waals surface area contributed by atoms with Crippen molar-refractivity contribution >= 4 is 51.5 Å². The number of para-hydroxylation sites is 1. The fraction of sp³-hybridized carbons (Fsp3) is 0.261. The van der Waals surface area contributed by atoms with Crippen LogP contribution in [0.1, 0.15) is 18.5 Å². The molecule has 10 heteroatoms. The predicted octanol–water partition coefficient (Wildman–Crippen LogP) is 2.91. The van der Waals surface area contributed by atoms with E-state index in [-0.39, 0.29) is 53.2 Å². The monoisotopic (exact) mass is 482 g/mol. The van der Waals surface area contributed by atoms with Crippen molar-refractivity contribution in [2.75, 3.05) is 24.6 Å². The van der Waals surface area contributed by atoms with Gasteiger partial charge in [0.15, 0.2) is 5.16 Å². The number of thioether (sulfide) groups is 2. The first-order chi connectivity index (χ1) is 16.0. The van der Waals surface area contributed by atoms with E-state index < -0.39 is 0 Å². The number of carbonyl (C=O) groups excluding carboxylic acids is 3. The Balaban J connectivity index is 1.50. The van der Waals surface area contributed by atoms with Crippen LogP contribution in [-0.2, 0) is 9.59 Å². The Bertz CT molecular complexity index is 1250. The van der Waals surface area contributed by atoms with Gasteiger partial charge in [-0.3, -0.25) is 28.6 Å². The lowest BCUT2D eigenvalue weighted by Gasteiger charge is -2.20. The summed E-state index contributed by atoms with van der Waals surface area (Å²) in [4.78, 5) is 54.8. The highest BCUT2D eigenvalue weighted by molar-refractivity contribution is 8.14. The molecule has 1 aliphatic heterocycles. The lowest BCUT2D eigenvalue weighted by atomic mass is 10.1. The van der Waals surface area contributed by atoms with Crippen molar-refractivity contribution in [3.05, 3.63) is 70.5 Å². The minimum Gasteiger partial charge on any atom is -0.354 e. The average molecular weight is 483 g/mol. The van der Waals surface area contributed by atoms with E-state index in [1.54, 1.807) is 22.8 Å². The molecular formula is C23H22N4O4S2. The molecule has 1 saturated heterocycles. The molecule has 3 amide bonds. The van der Waals surface area contributed by atoms with Crippen LogP contribution in [0, 0.1) is 0 Å². The van der Waals surface area contributed by atoms with Gasteiger partial charge in [-0.1, -0.05) is 66.0 Å². The lowest BCUT2D eigenvalue weighted by molar-refractivity contribution is -0.125. The summed E-state index contributed by atoms with van der Waals surface area (Å²) in [5, 5.41) is 3.40. The van der Waals surface area contributed by atoms with Crippen molar-refractivity contribution in [1.82, 2.24) is 19.8 Å². The number of rotatable bonds is 8. The number of imide groups is 1. The standard InChI is InChI=1S/C23H22N4O4S2/c1-15(16-7-3-2-4-8-16)27-21(30)17-9-5-6-10-18(17)25-22(27)32-13-19(28)24-11-12-26-20(29)14-33-23(26)31/h2-10,15H,11-14H2,1H3,(H,24,28)/t15-/m0/s1. The van der Waals surface area contributed by atoms with Crippen LogP contribution in [-0.4, -0.2) is 56.1 Å². The summed E-state index contributed by atoms with van der Waals surface area (Å²) in [6, 6.07) is 16.5. The van der Waals surface area contributed by atoms with Crippen LogP contribution >= 0.6 is 23.5 Å². The number of benzene rings is 2. The molecule has 1 aliphatic rings. The molecule has 0 aliphatic carbocycles. The fourth-order valence-corrected chi connectivity index (χ4v) is 5.19. The Kier molecular flexibility index (Phi) is 7.14. The molecule has 0 saturated carbocycles. The number of nitrogens with zero attached hydrogens (tertiary/aromatic N) is 3. The highest BCUT2D eigenvalue weighted by Crippen LogP contribution is 2.25. The first-order valence-electron chi connectivity index (χ1n) is 10.4. The molecule has 1 atom stereocenters. The highest BCUT2D eigenvalue weighted by Gasteiger charge is 2.29. The average Bonchev–Trinajstić information content (AvgIpc) is 3.15. The number of amides is 3. The van der Waals surface area contributed by atoms with Gasteiger partial charge >= 0.3 is 0 Å². The molecule has 0 radical (unpaired) electrons. The number of nitrogens with one attached hydrogen (secondary N) is 1. The van der Waals surface area contributed by atoms with Crippen molar-refractivity contribution in [3.63, 3.8) is 0 Å². The molecule has 1 aromatic heterocycles. The molecule has 1 fully saturated rings. The van der Waals surface area contributed by atoms with Crippen molar-refractivity contribution in [3.8, 4) is 0 Å². The maximum absolute atomic E-state index is 13.3. The van der Waals surface area contributed by atoms with Crippen LogP contribution in [0.3, 0.4) is 0 Å². The molecule has 2 aromatic carbocycles. The Morgan fingerprint density at radius 2 is 1.85 bits per heavy atom. The van der Waals surface area contributed by atoms with Crippen LogP contribution in [0.4, 0.5) is 4.79 Å². The first kappa shape index (κ1) is 23.1. The zero-order valence-corrected chi connectivity index (χ0v) is 19.5. The van der Waals surface area contributed by atoms with E-state index in [4.69, 9.17) is 0 Å². The molecule has 8 nitrogen and oxygen atoms in total. The number of hydrogen-bond acceptors (Lipinski definition) is 7. The molecule has 170 valence electrons. The van der Waals surface area contributed by atoms with Crippen LogP contribution < -0.4 is 10.9 Å². The zero-order valence-electron chi connectivity index (χ0n) is 17.9. The zero-order chi connectivity index (χ0) is 23.4. The Morgan fingerprint density at radius 3 is 2.58 bits per heavy atom. The smallest absolute Gasteiger partial charge is 0.288 e. The highest BCUT2D eigenvalue weighted by atomic mass is 32.2. The van der Waals surface area contributed by atoms with Gasteiger partial charge in [0.1, 0.15) is 0 Å². The third kappa shape index (κ3) is 5.12. The van der Waals surface area contributed by atoms with E-state index in [1.165, 1.54) is 11.8 Å². The van der Waals surface area contributed by atoms with Crippen LogP contribution in [0.2, 0.25) is 0 Å². The van der Waals surface area contributed by atoms with E-state index in [1.807, 2.05) is 43.3 Å². The van der Waals surface area contributed by atoms with Gasteiger partial charge in [-0.05, 0) is 24.6 Å². The molecule has 0 unspecified atom stereocenters. The van der Waals surface area contributed by atoms with Crippen LogP contribution in [0.25, 0.3) is 10.9 Å². The fourth-order valence-electron chi connectivity index (χ4n) is 3.53. The third-order valence-corrected chi connectivity index (χ3v) is 7.09. The number of fused-ring (bicyclic) bond motifs is 1. The Labute approximate surface area is 198 Å². The van der Waals surface area contributed by atoms with Crippen molar-refractivity contribution < 1.29 is 14.4 Å². The molecule has 2 heterocycles. The van der Waals surface area contributed by atoms with E-state index in [9.17, 15) is 19.2 Å². The van der Waals surface area contributed by atoms with Gasteiger partial charge in [-0.25, -0.2) is 4.98 Å². The summed E-state index contributed by atoms with van der Waals surface area (Å²) in [5.41, 5.74) is 1.37. The molecule has 3 aromatic rings. The van der Waals surface area contributed by atoms with Crippen molar-refractivity contribution in [2.24, 2.45) is 0 Å². The molecular weight excluding hydrogens is 460 g/mol. The molecule has 4 rings (SSSR count). The topological polar surface area (TPSA) is 101 Å². The number of aromatic nitrogens is 2. The maximum atomic E-state index is 13.3. The van der Waals surface area contributed by atoms with Gasteiger partial charge in [0.25, 0.3) is 10.8 Å². The second-order valence-corrected chi connectivity index (χ2v) is 9.28. The van der Waals surface area contributed by atoms with E-state index in [0.29, 0.717) is 16.1 Å². The molecule has 33 heavy (non-hydrogen) atoms. The maximum Gasteiger partial charge on any atom is 0.288 e. The largest absolute Gasteiger partial charge is 0.354 e. The minimum absolute atomic E-state index is 0.0446. The van der Waals surface area contributed by atoms with Crippen molar-refractivity contribution in [1.29, 1.82) is 0 Å². The number of carbonyl (C=O) groups is 3. The van der Waals surface area contributed by atoms with Crippen LogP contribution in [0.5, 0.6) is 0 Å². The van der Waals surface area contributed by atoms with E-state index in [0.717, 1.165) is 22.2 Å². The van der Waals surface area contributed by atoms with Crippen LogP contribution in [0.15, 0.2) is 64.5 Å². The summed E-state index contributed by atoms with van der Waals surface area (Å²) < 4.78 is 1.62. The van der Waals surface area contributed by atoms with Gasteiger partial charge in [-0.2, -0.15) is 0 Å². The number of hydrogen-bond donors (Lipinski definition) is 1. The van der Waals surface area contributed by atoms with Gasteiger partial charge in [0.05, 0.1) is 28.5 Å². The third-order valence-electron chi connectivity index (χ3n) is 5.28. The SMILES string of the molecule is C[C@@H](c1ccccc1)n1c(SCC(=O)NCCN2C(=O)CSC2=O)nc2ccccc2c1=O. The predicted molar refractivity (Wildman–Crippen MR) is 130 cm³/mol. The summed E-state index contributed by atoms with van der Waals surface area (Å²) in [7, 11) is 0.